The van der Waals surface area contributed by atoms with E-state index in [1.165, 1.54) is 18.2 Å². The molecule has 1 rings (SSSR count). The highest BCUT2D eigenvalue weighted by atomic mass is 16.3. The third-order valence-corrected chi connectivity index (χ3v) is 2.90. The van der Waals surface area contributed by atoms with E-state index in [0.717, 1.165) is 6.42 Å². The van der Waals surface area contributed by atoms with Crippen LogP contribution in [0.15, 0.2) is 18.2 Å². The van der Waals surface area contributed by atoms with Crippen LogP contribution in [0.3, 0.4) is 0 Å². The first-order valence-corrected chi connectivity index (χ1v) is 5.99. The molecule has 1 amide bonds. The van der Waals surface area contributed by atoms with Gasteiger partial charge in [-0.3, -0.25) is 4.79 Å². The molecule has 0 heterocycles. The van der Waals surface area contributed by atoms with Crippen LogP contribution in [0.4, 0.5) is 0 Å². The minimum absolute atomic E-state index is 0.106. The van der Waals surface area contributed by atoms with Gasteiger partial charge < -0.3 is 20.6 Å². The highest BCUT2D eigenvalue weighted by Crippen LogP contribution is 2.24. The first-order chi connectivity index (χ1) is 8.58. The highest BCUT2D eigenvalue weighted by Gasteiger charge is 2.11. The molecule has 0 bridgehead atoms. The fourth-order valence-corrected chi connectivity index (χ4v) is 1.64. The molecule has 100 valence electrons. The molecule has 18 heavy (non-hydrogen) atoms. The van der Waals surface area contributed by atoms with Gasteiger partial charge in [0.05, 0.1) is 0 Å². The van der Waals surface area contributed by atoms with Crippen LogP contribution in [0.2, 0.25) is 0 Å². The first kappa shape index (κ1) is 14.3. The fraction of sp³-hybridized carbons (Fsp3) is 0.462. The summed E-state index contributed by atoms with van der Waals surface area (Å²) in [7, 11) is 0. The van der Waals surface area contributed by atoms with E-state index in [2.05, 4.69) is 5.32 Å². The Balaban J connectivity index is 2.57. The van der Waals surface area contributed by atoms with Crippen LogP contribution in [0.1, 0.15) is 30.1 Å². The summed E-state index contributed by atoms with van der Waals surface area (Å²) in [5, 5.41) is 30.0. The monoisotopic (exact) mass is 253 g/mol. The second-order valence-electron chi connectivity index (χ2n) is 4.20. The van der Waals surface area contributed by atoms with E-state index >= 15 is 0 Å². The minimum atomic E-state index is -0.315. The van der Waals surface area contributed by atoms with Gasteiger partial charge in [0.15, 0.2) is 11.5 Å². The Hall–Kier alpha value is -1.75. The van der Waals surface area contributed by atoms with Gasteiger partial charge in [0.2, 0.25) is 0 Å². The van der Waals surface area contributed by atoms with E-state index in [0.29, 0.717) is 18.5 Å². The molecule has 0 radical (unpaired) electrons. The normalized spacial score (nSPS) is 12.1. The number of carbonyl (C=O) groups is 1. The van der Waals surface area contributed by atoms with Crippen molar-refractivity contribution in [3.8, 4) is 11.5 Å². The zero-order valence-electron chi connectivity index (χ0n) is 10.4. The van der Waals surface area contributed by atoms with Crippen molar-refractivity contribution < 1.29 is 20.1 Å². The predicted molar refractivity (Wildman–Crippen MR) is 67.6 cm³/mol. The third kappa shape index (κ3) is 3.92. The average molecular weight is 253 g/mol. The summed E-state index contributed by atoms with van der Waals surface area (Å²) in [5.41, 5.74) is 0.296. The summed E-state index contributed by atoms with van der Waals surface area (Å²) in [6.07, 6.45) is 1.53. The molecule has 0 saturated heterocycles. The second-order valence-corrected chi connectivity index (χ2v) is 4.20. The zero-order valence-corrected chi connectivity index (χ0v) is 10.4. The van der Waals surface area contributed by atoms with Gasteiger partial charge in [-0.05, 0) is 30.5 Å². The lowest BCUT2D eigenvalue weighted by Crippen LogP contribution is -2.29. The summed E-state index contributed by atoms with van der Waals surface area (Å²) in [6, 6.07) is 3.93. The van der Waals surface area contributed by atoms with Crippen LogP contribution in [0.5, 0.6) is 11.5 Å². The van der Waals surface area contributed by atoms with Crippen molar-refractivity contribution in [2.24, 2.45) is 5.92 Å². The van der Waals surface area contributed by atoms with Crippen molar-refractivity contribution in [2.45, 2.75) is 19.8 Å². The fourth-order valence-electron chi connectivity index (χ4n) is 1.64. The summed E-state index contributed by atoms with van der Waals surface area (Å²) < 4.78 is 0. The lowest BCUT2D eigenvalue weighted by Gasteiger charge is -2.14. The number of aliphatic hydroxyl groups is 1. The van der Waals surface area contributed by atoms with Crippen LogP contribution in [0, 0.1) is 5.92 Å². The molecule has 0 aliphatic rings. The van der Waals surface area contributed by atoms with Gasteiger partial charge in [-0.15, -0.1) is 0 Å². The molecule has 4 N–H and O–H groups in total. The molecule has 1 unspecified atom stereocenters. The Kier molecular flexibility index (Phi) is 5.45. The molecule has 0 spiro atoms. The molecule has 5 nitrogen and oxygen atoms in total. The lowest BCUT2D eigenvalue weighted by atomic mass is 10.0. The number of amides is 1. The SMILES string of the molecule is CCC(CCO)CNC(=O)c1ccc(O)c(O)c1. The van der Waals surface area contributed by atoms with Crippen molar-refractivity contribution in [2.75, 3.05) is 13.2 Å². The second kappa shape index (κ2) is 6.86. The highest BCUT2D eigenvalue weighted by molar-refractivity contribution is 5.94. The topological polar surface area (TPSA) is 89.8 Å². The molecule has 0 aliphatic heterocycles. The van der Waals surface area contributed by atoms with E-state index in [-0.39, 0.29) is 29.9 Å². The Bertz CT molecular complexity index is 406. The minimum Gasteiger partial charge on any atom is -0.504 e. The van der Waals surface area contributed by atoms with E-state index in [4.69, 9.17) is 10.2 Å². The van der Waals surface area contributed by atoms with Gasteiger partial charge in [-0.2, -0.15) is 0 Å². The summed E-state index contributed by atoms with van der Waals surface area (Å²) in [4.78, 5) is 11.8. The first-order valence-electron chi connectivity index (χ1n) is 5.99. The number of phenols is 2. The quantitative estimate of drug-likeness (QED) is 0.574. The van der Waals surface area contributed by atoms with Crippen LogP contribution < -0.4 is 5.32 Å². The van der Waals surface area contributed by atoms with Crippen molar-refractivity contribution >= 4 is 5.91 Å². The van der Waals surface area contributed by atoms with Crippen LogP contribution in [0.25, 0.3) is 0 Å². The third-order valence-electron chi connectivity index (χ3n) is 2.90. The van der Waals surface area contributed by atoms with Crippen molar-refractivity contribution in [3.63, 3.8) is 0 Å². The Labute approximate surface area is 106 Å². The molecule has 1 aromatic rings. The summed E-state index contributed by atoms with van der Waals surface area (Å²) in [5.74, 6) is -0.630. The largest absolute Gasteiger partial charge is 0.504 e. The number of hydrogen-bond donors (Lipinski definition) is 4. The molecular formula is C13H19NO4. The van der Waals surface area contributed by atoms with Gasteiger partial charge in [-0.25, -0.2) is 0 Å². The number of phenolic OH excluding ortho intramolecular Hbond substituents is 2. The number of rotatable bonds is 6. The molecule has 0 saturated carbocycles. The van der Waals surface area contributed by atoms with E-state index in [1.807, 2.05) is 6.92 Å². The standard InChI is InChI=1S/C13H19NO4/c1-2-9(5-6-15)8-14-13(18)10-3-4-11(16)12(17)7-10/h3-4,7,9,15-17H,2,5-6,8H2,1H3,(H,14,18). The Morgan fingerprint density at radius 1 is 1.33 bits per heavy atom. The smallest absolute Gasteiger partial charge is 0.251 e. The van der Waals surface area contributed by atoms with Crippen LogP contribution in [-0.2, 0) is 0 Å². The molecule has 0 fully saturated rings. The van der Waals surface area contributed by atoms with Crippen molar-refractivity contribution in [3.05, 3.63) is 23.8 Å². The van der Waals surface area contributed by atoms with Gasteiger partial charge >= 0.3 is 0 Å². The van der Waals surface area contributed by atoms with Gasteiger partial charge in [0.1, 0.15) is 0 Å². The number of hydrogen-bond acceptors (Lipinski definition) is 4. The number of benzene rings is 1. The Morgan fingerprint density at radius 2 is 2.06 bits per heavy atom. The number of carbonyl (C=O) groups excluding carboxylic acids is 1. The summed E-state index contributed by atoms with van der Waals surface area (Å²) >= 11 is 0. The Morgan fingerprint density at radius 3 is 2.61 bits per heavy atom. The van der Waals surface area contributed by atoms with E-state index < -0.39 is 0 Å². The van der Waals surface area contributed by atoms with Crippen LogP contribution >= 0.6 is 0 Å². The van der Waals surface area contributed by atoms with E-state index in [1.54, 1.807) is 0 Å². The molecular weight excluding hydrogens is 234 g/mol. The molecule has 1 atom stereocenters. The number of aliphatic hydroxyl groups excluding tert-OH is 1. The maximum atomic E-state index is 11.8. The van der Waals surface area contributed by atoms with Crippen molar-refractivity contribution in [1.29, 1.82) is 0 Å². The number of aromatic hydroxyl groups is 2. The molecule has 0 aromatic heterocycles. The maximum absolute atomic E-state index is 11.8. The van der Waals surface area contributed by atoms with Gasteiger partial charge in [0.25, 0.3) is 5.91 Å². The predicted octanol–water partition coefficient (Wildman–Crippen LogP) is 1.24. The lowest BCUT2D eigenvalue weighted by molar-refractivity contribution is 0.0943. The average Bonchev–Trinajstić information content (AvgIpc) is 2.37. The molecule has 1 aromatic carbocycles. The van der Waals surface area contributed by atoms with Crippen LogP contribution in [-0.4, -0.2) is 34.4 Å². The van der Waals surface area contributed by atoms with Gasteiger partial charge in [-0.1, -0.05) is 13.3 Å². The zero-order chi connectivity index (χ0) is 13.5. The summed E-state index contributed by atoms with van der Waals surface area (Å²) in [6.45, 7) is 2.59. The molecule has 0 aliphatic carbocycles. The van der Waals surface area contributed by atoms with Gasteiger partial charge in [0, 0.05) is 18.7 Å². The number of nitrogens with one attached hydrogen (secondary N) is 1. The van der Waals surface area contributed by atoms with E-state index in [9.17, 15) is 9.90 Å². The van der Waals surface area contributed by atoms with Crippen molar-refractivity contribution in [1.82, 2.24) is 5.32 Å². The maximum Gasteiger partial charge on any atom is 0.251 e. The molecule has 5 heteroatoms.